The van der Waals surface area contributed by atoms with E-state index in [1.807, 2.05) is 41.3 Å². The second-order valence-electron chi connectivity index (χ2n) is 7.98. The molecule has 1 amide bonds. The number of nitrogens with zero attached hydrogens (tertiary/aromatic N) is 3. The van der Waals surface area contributed by atoms with Crippen molar-refractivity contribution in [3.8, 4) is 5.75 Å². The summed E-state index contributed by atoms with van der Waals surface area (Å²) in [6.45, 7) is 6.95. The Hall–Kier alpha value is -2.48. The van der Waals surface area contributed by atoms with Gasteiger partial charge in [-0.15, -0.1) is 0 Å². The highest BCUT2D eigenvalue weighted by Crippen LogP contribution is 2.19. The average molecular weight is 426 g/mol. The van der Waals surface area contributed by atoms with Crippen molar-refractivity contribution in [3.05, 3.63) is 59.9 Å². The molecule has 7 nitrogen and oxygen atoms in total. The fourth-order valence-electron chi connectivity index (χ4n) is 3.93. The summed E-state index contributed by atoms with van der Waals surface area (Å²) < 4.78 is 17.0. The monoisotopic (exact) mass is 425 g/mol. The van der Waals surface area contributed by atoms with Gasteiger partial charge in [0.25, 0.3) is 5.91 Å². The van der Waals surface area contributed by atoms with Crippen LogP contribution in [0.5, 0.6) is 5.75 Å². The van der Waals surface area contributed by atoms with E-state index in [0.29, 0.717) is 25.4 Å². The normalized spacial score (nSPS) is 19.3. The van der Waals surface area contributed by atoms with Crippen LogP contribution in [0, 0.1) is 0 Å². The summed E-state index contributed by atoms with van der Waals surface area (Å²) in [5.41, 5.74) is 1.52. The molecule has 0 saturated carbocycles. The lowest BCUT2D eigenvalue weighted by molar-refractivity contribution is 0.0322. The van der Waals surface area contributed by atoms with Gasteiger partial charge in [0.1, 0.15) is 18.1 Å². The van der Waals surface area contributed by atoms with Crippen LogP contribution < -0.4 is 4.74 Å². The molecule has 166 valence electrons. The molecule has 3 heterocycles. The number of rotatable bonds is 9. The summed E-state index contributed by atoms with van der Waals surface area (Å²) in [5.74, 6) is 0.778. The third-order valence-corrected chi connectivity index (χ3v) is 5.70. The Labute approximate surface area is 183 Å². The number of pyridine rings is 1. The number of hydrogen-bond donors (Lipinski definition) is 0. The highest BCUT2D eigenvalue weighted by atomic mass is 16.5. The van der Waals surface area contributed by atoms with Crippen LogP contribution in [0.3, 0.4) is 0 Å². The molecule has 2 fully saturated rings. The minimum Gasteiger partial charge on any atom is -0.492 e. The standard InChI is InChI=1S/C24H31N3O4/c28-24(23-5-1-2-10-25-23)27(19-22-4-3-14-30-22)18-20-6-8-21(9-7-20)31-17-13-26-11-15-29-16-12-26/h1-2,5-10,22H,3-4,11-19H2. The van der Waals surface area contributed by atoms with Gasteiger partial charge < -0.3 is 19.1 Å². The van der Waals surface area contributed by atoms with Crippen molar-refractivity contribution in [3.63, 3.8) is 0 Å². The van der Waals surface area contributed by atoms with Crippen LogP contribution in [-0.4, -0.2) is 79.4 Å². The van der Waals surface area contributed by atoms with Crippen molar-refractivity contribution in [1.82, 2.24) is 14.8 Å². The van der Waals surface area contributed by atoms with E-state index in [-0.39, 0.29) is 12.0 Å². The van der Waals surface area contributed by atoms with Gasteiger partial charge in [-0.05, 0) is 42.7 Å². The Kier molecular flexibility index (Phi) is 7.87. The summed E-state index contributed by atoms with van der Waals surface area (Å²) in [6.07, 6.45) is 3.78. The van der Waals surface area contributed by atoms with Gasteiger partial charge >= 0.3 is 0 Å². The molecule has 2 aromatic rings. The van der Waals surface area contributed by atoms with Gasteiger partial charge in [-0.3, -0.25) is 14.7 Å². The molecule has 1 aromatic heterocycles. The summed E-state index contributed by atoms with van der Waals surface area (Å²) in [5, 5.41) is 0. The van der Waals surface area contributed by atoms with Gasteiger partial charge in [-0.2, -0.15) is 0 Å². The molecule has 0 radical (unpaired) electrons. The number of carbonyl (C=O) groups is 1. The Balaban J connectivity index is 1.33. The number of morpholine rings is 1. The van der Waals surface area contributed by atoms with Crippen LogP contribution in [0.25, 0.3) is 0 Å². The molecule has 0 N–H and O–H groups in total. The highest BCUT2D eigenvalue weighted by Gasteiger charge is 2.24. The average Bonchev–Trinajstić information content (AvgIpc) is 3.34. The molecular formula is C24H31N3O4. The quantitative estimate of drug-likeness (QED) is 0.615. The second kappa shape index (κ2) is 11.2. The van der Waals surface area contributed by atoms with E-state index in [2.05, 4.69) is 9.88 Å². The van der Waals surface area contributed by atoms with Crippen LogP contribution in [0.15, 0.2) is 48.7 Å². The summed E-state index contributed by atoms with van der Waals surface area (Å²) in [6, 6.07) is 13.4. The fourth-order valence-corrected chi connectivity index (χ4v) is 3.93. The first-order valence-corrected chi connectivity index (χ1v) is 11.1. The number of benzene rings is 1. The molecule has 2 aliphatic rings. The molecule has 2 aliphatic heterocycles. The maximum atomic E-state index is 13.1. The lowest BCUT2D eigenvalue weighted by Crippen LogP contribution is -2.38. The van der Waals surface area contributed by atoms with Crippen molar-refractivity contribution in [2.24, 2.45) is 0 Å². The molecule has 0 bridgehead atoms. The minimum absolute atomic E-state index is 0.0677. The van der Waals surface area contributed by atoms with Gasteiger partial charge in [-0.1, -0.05) is 18.2 Å². The zero-order valence-corrected chi connectivity index (χ0v) is 17.9. The first-order chi connectivity index (χ1) is 15.3. The number of amides is 1. The molecule has 7 heteroatoms. The minimum atomic E-state index is -0.0677. The maximum absolute atomic E-state index is 13.1. The lowest BCUT2D eigenvalue weighted by atomic mass is 10.1. The van der Waals surface area contributed by atoms with Crippen LogP contribution >= 0.6 is 0 Å². The van der Waals surface area contributed by atoms with Crippen LogP contribution in [0.1, 0.15) is 28.9 Å². The molecule has 0 aliphatic carbocycles. The molecule has 31 heavy (non-hydrogen) atoms. The molecule has 1 atom stereocenters. The van der Waals surface area contributed by atoms with E-state index in [1.165, 1.54) is 0 Å². The molecule has 1 aromatic carbocycles. The zero-order chi connectivity index (χ0) is 21.3. The first kappa shape index (κ1) is 21.7. The topological polar surface area (TPSA) is 64.1 Å². The van der Waals surface area contributed by atoms with Crippen molar-refractivity contribution in [2.45, 2.75) is 25.5 Å². The van der Waals surface area contributed by atoms with E-state index >= 15 is 0 Å². The van der Waals surface area contributed by atoms with Crippen LogP contribution in [0.4, 0.5) is 0 Å². The number of aromatic nitrogens is 1. The van der Waals surface area contributed by atoms with Crippen molar-refractivity contribution < 1.29 is 19.0 Å². The van der Waals surface area contributed by atoms with E-state index < -0.39 is 0 Å². The van der Waals surface area contributed by atoms with Crippen molar-refractivity contribution in [1.29, 1.82) is 0 Å². The third kappa shape index (κ3) is 6.50. The summed E-state index contributed by atoms with van der Waals surface area (Å²) >= 11 is 0. The largest absolute Gasteiger partial charge is 0.492 e. The third-order valence-electron chi connectivity index (χ3n) is 5.70. The Morgan fingerprint density at radius 2 is 1.97 bits per heavy atom. The first-order valence-electron chi connectivity index (χ1n) is 11.1. The lowest BCUT2D eigenvalue weighted by Gasteiger charge is -2.26. The number of carbonyl (C=O) groups excluding carboxylic acids is 1. The van der Waals surface area contributed by atoms with E-state index in [0.717, 1.165) is 63.6 Å². The molecular weight excluding hydrogens is 394 g/mol. The maximum Gasteiger partial charge on any atom is 0.272 e. The molecule has 4 rings (SSSR count). The van der Waals surface area contributed by atoms with Gasteiger partial charge in [0, 0.05) is 45.5 Å². The van der Waals surface area contributed by atoms with Gasteiger partial charge in [0.15, 0.2) is 0 Å². The van der Waals surface area contributed by atoms with Gasteiger partial charge in [-0.25, -0.2) is 0 Å². The predicted octanol–water partition coefficient (Wildman–Crippen LogP) is 2.61. The molecule has 0 spiro atoms. The number of hydrogen-bond acceptors (Lipinski definition) is 6. The smallest absolute Gasteiger partial charge is 0.272 e. The van der Waals surface area contributed by atoms with E-state index in [9.17, 15) is 4.79 Å². The second-order valence-corrected chi connectivity index (χ2v) is 7.98. The summed E-state index contributed by atoms with van der Waals surface area (Å²) in [7, 11) is 0. The van der Waals surface area contributed by atoms with Crippen LogP contribution in [-0.2, 0) is 16.0 Å². The zero-order valence-electron chi connectivity index (χ0n) is 17.9. The molecule has 1 unspecified atom stereocenters. The van der Waals surface area contributed by atoms with Gasteiger partial charge in [0.05, 0.1) is 19.3 Å². The Morgan fingerprint density at radius 1 is 1.13 bits per heavy atom. The Morgan fingerprint density at radius 3 is 2.68 bits per heavy atom. The molecule has 2 saturated heterocycles. The van der Waals surface area contributed by atoms with Crippen LogP contribution in [0.2, 0.25) is 0 Å². The van der Waals surface area contributed by atoms with Gasteiger partial charge in [0.2, 0.25) is 0 Å². The predicted molar refractivity (Wildman–Crippen MR) is 117 cm³/mol. The van der Waals surface area contributed by atoms with E-state index in [4.69, 9.17) is 14.2 Å². The van der Waals surface area contributed by atoms with E-state index in [1.54, 1.807) is 12.3 Å². The van der Waals surface area contributed by atoms with Crippen molar-refractivity contribution in [2.75, 3.05) is 52.6 Å². The Bertz CT molecular complexity index is 803. The number of ether oxygens (including phenoxy) is 3. The fraction of sp³-hybridized carbons (Fsp3) is 0.500. The highest BCUT2D eigenvalue weighted by molar-refractivity contribution is 5.92. The SMILES string of the molecule is O=C(c1ccccn1)N(Cc1ccc(OCCN2CCOCC2)cc1)CC1CCCO1. The summed E-state index contributed by atoms with van der Waals surface area (Å²) in [4.78, 5) is 21.5. The van der Waals surface area contributed by atoms with Crippen molar-refractivity contribution >= 4 is 5.91 Å².